The van der Waals surface area contributed by atoms with Crippen molar-refractivity contribution in [2.24, 2.45) is 11.7 Å². The quantitative estimate of drug-likeness (QED) is 0.683. The number of carbonyl (C=O) groups is 1. The molecule has 0 fully saturated rings. The third-order valence-electron chi connectivity index (χ3n) is 2.08. The molecule has 12 heavy (non-hydrogen) atoms. The van der Waals surface area contributed by atoms with Crippen molar-refractivity contribution in [3.8, 4) is 0 Å². The largest absolute Gasteiger partial charge is 0.342 e. The maximum Gasteiger partial charge on any atom is 0.239 e. The van der Waals surface area contributed by atoms with Crippen LogP contribution in [0.15, 0.2) is 0 Å². The monoisotopic (exact) mass is 172 g/mol. The third kappa shape index (κ3) is 2.81. The van der Waals surface area contributed by atoms with E-state index in [1.807, 2.05) is 27.7 Å². The van der Waals surface area contributed by atoms with Crippen molar-refractivity contribution in [3.63, 3.8) is 0 Å². The van der Waals surface area contributed by atoms with Crippen molar-refractivity contribution in [1.82, 2.24) is 4.90 Å². The Kier molecular flexibility index (Phi) is 4.90. The minimum atomic E-state index is -0.343. The van der Waals surface area contributed by atoms with Gasteiger partial charge in [-0.2, -0.15) is 0 Å². The molecule has 3 nitrogen and oxygen atoms in total. The van der Waals surface area contributed by atoms with Gasteiger partial charge in [0.25, 0.3) is 0 Å². The highest BCUT2D eigenvalue weighted by Crippen LogP contribution is 2.02. The van der Waals surface area contributed by atoms with Crippen molar-refractivity contribution in [2.45, 2.75) is 33.7 Å². The van der Waals surface area contributed by atoms with Gasteiger partial charge in [-0.05, 0) is 19.8 Å². The van der Waals surface area contributed by atoms with Crippen LogP contribution in [0.3, 0.4) is 0 Å². The Hall–Kier alpha value is -0.570. The van der Waals surface area contributed by atoms with Crippen LogP contribution in [0, 0.1) is 5.92 Å². The highest BCUT2D eigenvalue weighted by atomic mass is 16.2. The number of amides is 1. The lowest BCUT2D eigenvalue weighted by Gasteiger charge is -2.24. The molecule has 0 saturated heterocycles. The molecule has 0 spiro atoms. The van der Waals surface area contributed by atoms with Gasteiger partial charge in [-0.25, -0.2) is 0 Å². The van der Waals surface area contributed by atoms with Gasteiger partial charge in [0.15, 0.2) is 0 Å². The maximum absolute atomic E-state index is 11.5. The van der Waals surface area contributed by atoms with Crippen LogP contribution in [0.1, 0.15) is 27.7 Å². The highest BCUT2D eigenvalue weighted by molar-refractivity contribution is 5.81. The molecule has 1 amide bonds. The smallest absolute Gasteiger partial charge is 0.239 e. The Morgan fingerprint density at radius 1 is 1.33 bits per heavy atom. The number of rotatable bonds is 4. The molecular weight excluding hydrogens is 152 g/mol. The van der Waals surface area contributed by atoms with Crippen LogP contribution in [-0.2, 0) is 4.79 Å². The highest BCUT2D eigenvalue weighted by Gasteiger charge is 2.20. The molecule has 1 atom stereocenters. The van der Waals surface area contributed by atoms with Crippen LogP contribution in [0.25, 0.3) is 0 Å². The second-order valence-electron chi connectivity index (χ2n) is 3.28. The summed E-state index contributed by atoms with van der Waals surface area (Å²) >= 11 is 0. The summed E-state index contributed by atoms with van der Waals surface area (Å²) in [5, 5.41) is 0. The zero-order chi connectivity index (χ0) is 9.72. The average molecular weight is 172 g/mol. The zero-order valence-electron chi connectivity index (χ0n) is 8.50. The molecule has 0 saturated carbocycles. The van der Waals surface area contributed by atoms with Gasteiger partial charge >= 0.3 is 0 Å². The van der Waals surface area contributed by atoms with Gasteiger partial charge in [-0.3, -0.25) is 4.79 Å². The number of nitrogens with two attached hydrogens (primary N) is 1. The van der Waals surface area contributed by atoms with E-state index in [0.717, 1.165) is 13.1 Å². The van der Waals surface area contributed by atoms with Gasteiger partial charge in [0.1, 0.15) is 0 Å². The molecule has 0 heterocycles. The van der Waals surface area contributed by atoms with Crippen LogP contribution in [-0.4, -0.2) is 29.9 Å². The fourth-order valence-electron chi connectivity index (χ4n) is 1.03. The van der Waals surface area contributed by atoms with Gasteiger partial charge in [0.05, 0.1) is 6.04 Å². The maximum atomic E-state index is 11.5. The summed E-state index contributed by atoms with van der Waals surface area (Å²) in [7, 11) is 0. The molecule has 2 N–H and O–H groups in total. The van der Waals surface area contributed by atoms with E-state index in [9.17, 15) is 4.79 Å². The van der Waals surface area contributed by atoms with Crippen molar-refractivity contribution < 1.29 is 4.79 Å². The zero-order valence-corrected chi connectivity index (χ0v) is 8.50. The Morgan fingerprint density at radius 3 is 2.00 bits per heavy atom. The van der Waals surface area contributed by atoms with Crippen molar-refractivity contribution >= 4 is 5.91 Å². The van der Waals surface area contributed by atoms with Crippen molar-refractivity contribution in [1.29, 1.82) is 0 Å². The second-order valence-corrected chi connectivity index (χ2v) is 3.28. The van der Waals surface area contributed by atoms with E-state index in [0.29, 0.717) is 0 Å². The Bertz CT molecular complexity index is 137. The SMILES string of the molecule is CCN(CC)C(=O)[C@H](N)C(C)C. The lowest BCUT2D eigenvalue weighted by atomic mass is 10.0. The normalized spacial score (nSPS) is 13.2. The second kappa shape index (κ2) is 5.14. The Morgan fingerprint density at radius 2 is 1.75 bits per heavy atom. The molecule has 0 aliphatic heterocycles. The molecule has 0 radical (unpaired) electrons. The first-order chi connectivity index (χ1) is 5.54. The molecule has 0 rings (SSSR count). The van der Waals surface area contributed by atoms with E-state index in [1.54, 1.807) is 4.90 Å². The van der Waals surface area contributed by atoms with E-state index in [4.69, 9.17) is 5.73 Å². The predicted molar refractivity (Wildman–Crippen MR) is 50.7 cm³/mol. The van der Waals surface area contributed by atoms with Crippen LogP contribution < -0.4 is 5.73 Å². The average Bonchev–Trinajstić information content (AvgIpc) is 2.05. The summed E-state index contributed by atoms with van der Waals surface area (Å²) in [4.78, 5) is 13.3. The molecule has 0 aliphatic rings. The molecule has 0 aromatic rings. The molecule has 72 valence electrons. The van der Waals surface area contributed by atoms with Crippen LogP contribution in [0.4, 0.5) is 0 Å². The standard InChI is InChI=1S/C9H20N2O/c1-5-11(6-2)9(12)8(10)7(3)4/h7-8H,5-6,10H2,1-4H3/t8-/m1/s1. The summed E-state index contributed by atoms with van der Waals surface area (Å²) in [5.74, 6) is 0.285. The fourth-order valence-corrected chi connectivity index (χ4v) is 1.03. The molecule has 0 aromatic carbocycles. The fraction of sp³-hybridized carbons (Fsp3) is 0.889. The first-order valence-electron chi connectivity index (χ1n) is 4.58. The Balaban J connectivity index is 4.16. The van der Waals surface area contributed by atoms with Gasteiger partial charge in [0.2, 0.25) is 5.91 Å². The Labute approximate surface area is 74.9 Å². The lowest BCUT2D eigenvalue weighted by Crippen LogP contribution is -2.46. The van der Waals surface area contributed by atoms with E-state index >= 15 is 0 Å². The van der Waals surface area contributed by atoms with Crippen molar-refractivity contribution in [2.75, 3.05) is 13.1 Å². The number of likely N-dealkylation sites (N-methyl/N-ethyl adjacent to an activating group) is 1. The minimum Gasteiger partial charge on any atom is -0.342 e. The molecule has 0 aliphatic carbocycles. The number of carbonyl (C=O) groups excluding carboxylic acids is 1. The minimum absolute atomic E-state index is 0.0648. The first kappa shape index (κ1) is 11.4. The number of hydrogen-bond acceptors (Lipinski definition) is 2. The molecule has 0 unspecified atom stereocenters. The number of hydrogen-bond donors (Lipinski definition) is 1. The van der Waals surface area contributed by atoms with Crippen molar-refractivity contribution in [3.05, 3.63) is 0 Å². The summed E-state index contributed by atoms with van der Waals surface area (Å²) in [5.41, 5.74) is 5.72. The summed E-state index contributed by atoms with van der Waals surface area (Å²) in [6.45, 7) is 9.35. The van der Waals surface area contributed by atoms with Gasteiger partial charge in [0, 0.05) is 13.1 Å². The third-order valence-corrected chi connectivity index (χ3v) is 2.08. The predicted octanol–water partition coefficient (Wildman–Crippen LogP) is 0.838. The van der Waals surface area contributed by atoms with E-state index in [-0.39, 0.29) is 17.9 Å². The van der Waals surface area contributed by atoms with Crippen LogP contribution in [0.5, 0.6) is 0 Å². The molecule has 0 bridgehead atoms. The summed E-state index contributed by atoms with van der Waals surface area (Å²) < 4.78 is 0. The number of nitrogens with zero attached hydrogens (tertiary/aromatic N) is 1. The van der Waals surface area contributed by atoms with Crippen LogP contribution in [0.2, 0.25) is 0 Å². The van der Waals surface area contributed by atoms with E-state index in [2.05, 4.69) is 0 Å². The van der Waals surface area contributed by atoms with Crippen LogP contribution >= 0.6 is 0 Å². The van der Waals surface area contributed by atoms with Gasteiger partial charge < -0.3 is 10.6 Å². The topological polar surface area (TPSA) is 46.3 Å². The molecular formula is C9H20N2O. The molecule has 0 aromatic heterocycles. The van der Waals surface area contributed by atoms with E-state index in [1.165, 1.54) is 0 Å². The van der Waals surface area contributed by atoms with Gasteiger partial charge in [-0.1, -0.05) is 13.8 Å². The van der Waals surface area contributed by atoms with E-state index < -0.39 is 0 Å². The lowest BCUT2D eigenvalue weighted by molar-refractivity contribution is -0.133. The molecule has 3 heteroatoms. The summed E-state index contributed by atoms with van der Waals surface area (Å²) in [6, 6.07) is -0.343. The summed E-state index contributed by atoms with van der Waals surface area (Å²) in [6.07, 6.45) is 0. The van der Waals surface area contributed by atoms with Gasteiger partial charge in [-0.15, -0.1) is 0 Å². The first-order valence-corrected chi connectivity index (χ1v) is 4.58.